The first kappa shape index (κ1) is 15.0. The van der Waals surface area contributed by atoms with E-state index in [-0.39, 0.29) is 5.91 Å². The fourth-order valence-corrected chi connectivity index (χ4v) is 2.67. The summed E-state index contributed by atoms with van der Waals surface area (Å²) in [7, 11) is 1.78. The molecule has 1 heterocycles. The number of carbonyl (C=O) groups excluding carboxylic acids is 1. The summed E-state index contributed by atoms with van der Waals surface area (Å²) in [6.07, 6.45) is 3.03. The van der Waals surface area contributed by atoms with Crippen LogP contribution in [0.1, 0.15) is 24.8 Å². The highest BCUT2D eigenvalue weighted by molar-refractivity contribution is 5.75. The molecule has 0 spiro atoms. The van der Waals surface area contributed by atoms with Crippen molar-refractivity contribution in [2.75, 3.05) is 26.7 Å². The first-order valence-electron chi connectivity index (χ1n) is 7.30. The maximum atomic E-state index is 12.1. The van der Waals surface area contributed by atoms with Crippen LogP contribution in [-0.2, 0) is 11.2 Å². The monoisotopic (exact) mass is 276 g/mol. The molecule has 1 amide bonds. The summed E-state index contributed by atoms with van der Waals surface area (Å²) in [5, 5.41) is 13.4. The van der Waals surface area contributed by atoms with Crippen LogP contribution >= 0.6 is 0 Å². The molecule has 2 N–H and O–H groups in total. The highest BCUT2D eigenvalue weighted by Gasteiger charge is 2.33. The zero-order valence-corrected chi connectivity index (χ0v) is 12.1. The molecule has 20 heavy (non-hydrogen) atoms. The molecule has 1 saturated heterocycles. The highest BCUT2D eigenvalue weighted by Crippen LogP contribution is 2.16. The molecule has 110 valence electrons. The fraction of sp³-hybridized carbons (Fsp3) is 0.562. The minimum Gasteiger partial charge on any atom is -0.387 e. The molecule has 1 aromatic rings. The van der Waals surface area contributed by atoms with Gasteiger partial charge in [0.2, 0.25) is 5.91 Å². The van der Waals surface area contributed by atoms with Crippen LogP contribution in [0.15, 0.2) is 30.3 Å². The average Bonchev–Trinajstić information content (AvgIpc) is 2.86. The molecule has 0 aliphatic carbocycles. The van der Waals surface area contributed by atoms with Gasteiger partial charge < -0.3 is 15.3 Å². The predicted molar refractivity (Wildman–Crippen MR) is 79.5 cm³/mol. The highest BCUT2D eigenvalue weighted by atomic mass is 16.3. The van der Waals surface area contributed by atoms with Crippen LogP contribution in [0.5, 0.6) is 0 Å². The number of aliphatic hydroxyl groups is 1. The maximum absolute atomic E-state index is 12.1. The molecule has 1 atom stereocenters. The molecule has 1 unspecified atom stereocenters. The molecule has 4 heteroatoms. The zero-order chi connectivity index (χ0) is 14.4. The molecule has 1 aromatic carbocycles. The number of amides is 1. The predicted octanol–water partition coefficient (Wildman–Crippen LogP) is 1.19. The molecule has 0 saturated carbocycles. The van der Waals surface area contributed by atoms with Crippen molar-refractivity contribution in [3.05, 3.63) is 35.9 Å². The van der Waals surface area contributed by atoms with Crippen molar-refractivity contribution in [3.63, 3.8) is 0 Å². The molecule has 0 bridgehead atoms. The Morgan fingerprint density at radius 1 is 1.40 bits per heavy atom. The van der Waals surface area contributed by atoms with Crippen LogP contribution in [0, 0.1) is 0 Å². The molecule has 1 aliphatic heterocycles. The second kappa shape index (κ2) is 6.86. The summed E-state index contributed by atoms with van der Waals surface area (Å²) in [6, 6.07) is 10.2. The molecule has 1 fully saturated rings. The third kappa shape index (κ3) is 4.32. The van der Waals surface area contributed by atoms with Gasteiger partial charge in [0.25, 0.3) is 0 Å². The lowest BCUT2D eigenvalue weighted by Gasteiger charge is -2.28. The van der Waals surface area contributed by atoms with Crippen molar-refractivity contribution in [3.8, 4) is 0 Å². The minimum atomic E-state index is -0.746. The number of hydrogen-bond acceptors (Lipinski definition) is 3. The average molecular weight is 276 g/mol. The first-order valence-corrected chi connectivity index (χ1v) is 7.30. The van der Waals surface area contributed by atoms with Crippen molar-refractivity contribution in [1.82, 2.24) is 10.2 Å². The SMILES string of the molecule is CN(CC1(O)CCNC1)C(=O)CCCc1ccccc1. The Hall–Kier alpha value is -1.39. The van der Waals surface area contributed by atoms with Gasteiger partial charge in [0, 0.05) is 20.0 Å². The Bertz CT molecular complexity index is 427. The van der Waals surface area contributed by atoms with Gasteiger partial charge in [-0.25, -0.2) is 0 Å². The number of nitrogens with zero attached hydrogens (tertiary/aromatic N) is 1. The molecule has 1 aliphatic rings. The number of nitrogens with one attached hydrogen (secondary N) is 1. The lowest BCUT2D eigenvalue weighted by molar-refractivity contribution is -0.132. The topological polar surface area (TPSA) is 52.6 Å². The van der Waals surface area contributed by atoms with E-state index < -0.39 is 5.60 Å². The van der Waals surface area contributed by atoms with E-state index in [2.05, 4.69) is 17.4 Å². The van der Waals surface area contributed by atoms with E-state index in [4.69, 9.17) is 0 Å². The number of hydrogen-bond donors (Lipinski definition) is 2. The maximum Gasteiger partial charge on any atom is 0.222 e. The minimum absolute atomic E-state index is 0.112. The van der Waals surface area contributed by atoms with Gasteiger partial charge in [0.1, 0.15) is 0 Å². The van der Waals surface area contributed by atoms with Gasteiger partial charge >= 0.3 is 0 Å². The van der Waals surface area contributed by atoms with Crippen LogP contribution < -0.4 is 5.32 Å². The number of carbonyl (C=O) groups is 1. The first-order chi connectivity index (χ1) is 9.59. The Morgan fingerprint density at radius 2 is 2.15 bits per heavy atom. The van der Waals surface area contributed by atoms with Crippen LogP contribution in [0.2, 0.25) is 0 Å². The summed E-state index contributed by atoms with van der Waals surface area (Å²) >= 11 is 0. The summed E-state index contributed by atoms with van der Waals surface area (Å²) in [6.45, 7) is 1.82. The number of likely N-dealkylation sites (N-methyl/N-ethyl adjacent to an activating group) is 1. The summed E-state index contributed by atoms with van der Waals surface area (Å²) in [4.78, 5) is 13.7. The van der Waals surface area contributed by atoms with Gasteiger partial charge in [-0.2, -0.15) is 0 Å². The molecular formula is C16H24N2O2. The van der Waals surface area contributed by atoms with Crippen molar-refractivity contribution in [2.24, 2.45) is 0 Å². The van der Waals surface area contributed by atoms with E-state index in [0.29, 0.717) is 25.9 Å². The normalized spacial score (nSPS) is 21.9. The van der Waals surface area contributed by atoms with E-state index >= 15 is 0 Å². The van der Waals surface area contributed by atoms with Gasteiger partial charge in [-0.1, -0.05) is 30.3 Å². The molecular weight excluding hydrogens is 252 g/mol. The van der Waals surface area contributed by atoms with E-state index in [9.17, 15) is 9.90 Å². The van der Waals surface area contributed by atoms with Crippen LogP contribution in [0.25, 0.3) is 0 Å². The second-order valence-electron chi connectivity index (χ2n) is 5.74. The quantitative estimate of drug-likeness (QED) is 0.820. The second-order valence-corrected chi connectivity index (χ2v) is 5.74. The Kier molecular flexibility index (Phi) is 5.15. The van der Waals surface area contributed by atoms with E-state index in [0.717, 1.165) is 19.4 Å². The van der Waals surface area contributed by atoms with Crippen molar-refractivity contribution < 1.29 is 9.90 Å². The van der Waals surface area contributed by atoms with Gasteiger partial charge in [0.05, 0.1) is 12.1 Å². The number of benzene rings is 1. The third-order valence-corrected chi connectivity index (χ3v) is 3.88. The van der Waals surface area contributed by atoms with Crippen LogP contribution in [-0.4, -0.2) is 48.2 Å². The van der Waals surface area contributed by atoms with Crippen LogP contribution in [0.4, 0.5) is 0 Å². The summed E-state index contributed by atoms with van der Waals surface area (Å²) in [5.74, 6) is 0.112. The van der Waals surface area contributed by atoms with Gasteiger partial charge in [-0.15, -0.1) is 0 Å². The van der Waals surface area contributed by atoms with E-state index in [1.807, 2.05) is 18.2 Å². The van der Waals surface area contributed by atoms with Crippen molar-refractivity contribution in [2.45, 2.75) is 31.3 Å². The van der Waals surface area contributed by atoms with Crippen molar-refractivity contribution in [1.29, 1.82) is 0 Å². The molecule has 0 aromatic heterocycles. The number of β-amino-alcohol motifs (C(OH)–C–C–N with tert-alkyl or cyclic N) is 1. The van der Waals surface area contributed by atoms with E-state index in [1.54, 1.807) is 11.9 Å². The molecule has 4 nitrogen and oxygen atoms in total. The summed E-state index contributed by atoms with van der Waals surface area (Å²) in [5.41, 5.74) is 0.519. The molecule has 0 radical (unpaired) electrons. The standard InChI is InChI=1S/C16H24N2O2/c1-18(13-16(20)10-11-17-12-16)15(19)9-5-8-14-6-3-2-4-7-14/h2-4,6-7,17,20H,5,8-13H2,1H3. The number of aryl methyl sites for hydroxylation is 1. The lowest BCUT2D eigenvalue weighted by Crippen LogP contribution is -2.45. The largest absolute Gasteiger partial charge is 0.387 e. The van der Waals surface area contributed by atoms with Gasteiger partial charge in [-0.3, -0.25) is 4.79 Å². The Labute approximate surface area is 120 Å². The van der Waals surface area contributed by atoms with Crippen LogP contribution in [0.3, 0.4) is 0 Å². The van der Waals surface area contributed by atoms with Gasteiger partial charge in [0.15, 0.2) is 0 Å². The van der Waals surface area contributed by atoms with Gasteiger partial charge in [-0.05, 0) is 31.4 Å². The molecule has 2 rings (SSSR count). The summed E-state index contributed by atoms with van der Waals surface area (Å²) < 4.78 is 0. The fourth-order valence-electron chi connectivity index (χ4n) is 2.67. The Balaban J connectivity index is 1.71. The smallest absolute Gasteiger partial charge is 0.222 e. The van der Waals surface area contributed by atoms with Crippen molar-refractivity contribution >= 4 is 5.91 Å². The zero-order valence-electron chi connectivity index (χ0n) is 12.1. The third-order valence-electron chi connectivity index (χ3n) is 3.88. The van der Waals surface area contributed by atoms with E-state index in [1.165, 1.54) is 5.56 Å². The number of rotatable bonds is 6. The lowest BCUT2D eigenvalue weighted by atomic mass is 10.0. The Morgan fingerprint density at radius 3 is 2.80 bits per heavy atom.